The number of aromatic nitrogens is 4. The summed E-state index contributed by atoms with van der Waals surface area (Å²) in [6.45, 7) is 24.1. The highest BCUT2D eigenvalue weighted by Crippen LogP contribution is 2.53. The van der Waals surface area contributed by atoms with Gasteiger partial charge < -0.3 is 4.74 Å². The maximum absolute atomic E-state index is 10.6. The molecule has 420 valence electrons. The van der Waals surface area contributed by atoms with E-state index in [9.17, 15) is 11.0 Å². The maximum atomic E-state index is 10.6. The van der Waals surface area contributed by atoms with Crippen LogP contribution in [0.5, 0.6) is 11.5 Å². The van der Waals surface area contributed by atoms with Crippen molar-refractivity contribution < 1.29 is 20.3 Å². The number of imidazole rings is 1. The summed E-state index contributed by atoms with van der Waals surface area (Å²) in [5.41, 5.74) is 11.9. The lowest BCUT2D eigenvalue weighted by atomic mass is 9.62. The lowest BCUT2D eigenvalue weighted by Crippen LogP contribution is -2.34. The van der Waals surface area contributed by atoms with Crippen molar-refractivity contribution in [2.24, 2.45) is 0 Å². The van der Waals surface area contributed by atoms with Gasteiger partial charge in [0, 0.05) is 28.6 Å². The molecule has 5 nitrogen and oxygen atoms in total. The van der Waals surface area contributed by atoms with Gasteiger partial charge in [0.2, 0.25) is 0 Å². The largest absolute Gasteiger partial charge is 0.458 e. The molecule has 0 amide bonds. The van der Waals surface area contributed by atoms with Gasteiger partial charge in [-0.15, -0.1) is 0 Å². The van der Waals surface area contributed by atoms with Crippen LogP contribution in [0.15, 0.2) is 200 Å². The van der Waals surface area contributed by atoms with Crippen LogP contribution in [-0.4, -0.2) is 14.1 Å². The molecule has 0 saturated heterocycles. The van der Waals surface area contributed by atoms with E-state index in [0.717, 1.165) is 81.1 Å². The Bertz CT molecular complexity index is 5230. The highest BCUT2D eigenvalue weighted by Gasteiger charge is 2.40. The molecule has 15 rings (SSSR count). The molecule has 0 radical (unpaired) electrons. The van der Waals surface area contributed by atoms with Crippen molar-refractivity contribution in [2.75, 3.05) is 0 Å². The number of hydrogen-bond acceptors (Lipinski definition) is 2. The first kappa shape index (κ1) is 44.7. The molecule has 2 aliphatic carbocycles. The number of para-hydroxylation sites is 2. The summed E-state index contributed by atoms with van der Waals surface area (Å²) in [5, 5.41) is 2.16. The number of fused-ring (bicyclic) bond motifs is 12. The minimum atomic E-state index is -0.452. The Balaban J connectivity index is 1.04. The van der Waals surface area contributed by atoms with Gasteiger partial charge in [0.15, 0.2) is 0 Å². The lowest BCUT2D eigenvalue weighted by Gasteiger charge is -2.42. The first-order chi connectivity index (χ1) is 44.1. The first-order valence-corrected chi connectivity index (χ1v) is 30.0. The zero-order valence-electron chi connectivity index (χ0n) is 58.5. The van der Waals surface area contributed by atoms with Crippen molar-refractivity contribution in [1.82, 2.24) is 14.1 Å². The van der Waals surface area contributed by atoms with Crippen LogP contribution in [0, 0.1) is 6.33 Å². The second-order valence-electron chi connectivity index (χ2n) is 27.6. The molecule has 3 aliphatic rings. The Morgan fingerprint density at radius 2 is 1.08 bits per heavy atom. The average Bonchev–Trinajstić information content (AvgIpc) is 1.69. The maximum Gasteiger partial charge on any atom is 0.269 e. The van der Waals surface area contributed by atoms with E-state index in [1.165, 1.54) is 5.56 Å². The normalized spacial score (nSPS) is 17.4. The molecule has 12 aromatic rings. The van der Waals surface area contributed by atoms with Gasteiger partial charge >= 0.3 is 0 Å². The zero-order chi connectivity index (χ0) is 65.5. The second-order valence-corrected chi connectivity index (χ2v) is 27.6. The quantitative estimate of drug-likeness (QED) is 0.123. The molecule has 0 saturated carbocycles. The lowest BCUT2D eigenvalue weighted by molar-refractivity contribution is -0.570. The SMILES string of the molecule is [2H]c1cc2c(c([2H])c1-c1ccc(-c3c([2H])cc4c(c3[2H])C(C)(C)CCC4(C)C)c3c1-c1c([2H])c([2H])c([2H])c([2H])c1-c1ccccc1-c1cccc4c1[n+]-3[c-]n4-c1cccc(Oc3ccc4c5ccccc5n(-c5cc(C(C)(C)C)ccn5)c4c3)c1)C(C)(C)CCC2(C)C. The topological polar surface area (TPSA) is 35.9 Å². The van der Waals surface area contributed by atoms with E-state index in [1.807, 2.05) is 112 Å². The predicted molar refractivity (Wildman–Crippen MR) is 352 cm³/mol. The molecule has 0 bridgehead atoms. The number of hydrogen-bond donors (Lipinski definition) is 0. The fourth-order valence-electron chi connectivity index (χ4n) is 14.0. The van der Waals surface area contributed by atoms with Crippen molar-refractivity contribution in [1.29, 1.82) is 0 Å². The smallest absolute Gasteiger partial charge is 0.269 e. The van der Waals surface area contributed by atoms with E-state index in [-0.39, 0.29) is 63.6 Å². The second kappa shape index (κ2) is 18.9. The number of pyridine rings is 1. The monoisotopic (exact) mass is 1110 g/mol. The number of benzene rings is 9. The third kappa shape index (κ3) is 8.46. The minimum absolute atomic E-state index is 0.0979. The molecule has 9 aromatic carbocycles. The molecule has 3 aromatic heterocycles. The molecule has 0 spiro atoms. The van der Waals surface area contributed by atoms with Gasteiger partial charge in [-0.2, -0.15) is 0 Å². The fourth-order valence-corrected chi connectivity index (χ4v) is 14.0. The molecule has 5 heteroatoms. The van der Waals surface area contributed by atoms with Gasteiger partial charge in [0.1, 0.15) is 17.3 Å². The Hall–Kier alpha value is -8.80. The highest BCUT2D eigenvalue weighted by molar-refractivity contribution is 6.10. The third-order valence-corrected chi connectivity index (χ3v) is 19.2. The summed E-state index contributed by atoms with van der Waals surface area (Å²) in [7, 11) is 0. The highest BCUT2D eigenvalue weighted by atomic mass is 16.5. The zero-order valence-corrected chi connectivity index (χ0v) is 50.5. The van der Waals surface area contributed by atoms with Gasteiger partial charge in [0.25, 0.3) is 6.33 Å². The van der Waals surface area contributed by atoms with E-state index in [0.29, 0.717) is 72.9 Å². The van der Waals surface area contributed by atoms with Crippen molar-refractivity contribution >= 4 is 32.8 Å². The molecule has 0 unspecified atom stereocenters. The Morgan fingerprint density at radius 1 is 0.506 bits per heavy atom. The Labute approximate surface area is 512 Å². The molecule has 85 heavy (non-hydrogen) atoms. The van der Waals surface area contributed by atoms with E-state index < -0.39 is 22.9 Å². The number of ether oxygens (including phenoxy) is 1. The van der Waals surface area contributed by atoms with E-state index in [4.69, 9.17) is 9.72 Å². The molecule has 0 atom stereocenters. The molecular formula is C80H74N4O. The molecular weight excluding hydrogens is 1030 g/mol. The van der Waals surface area contributed by atoms with Crippen LogP contribution in [-0.2, 0) is 27.1 Å². The minimum Gasteiger partial charge on any atom is -0.458 e. The van der Waals surface area contributed by atoms with E-state index >= 15 is 0 Å². The summed E-state index contributed by atoms with van der Waals surface area (Å²) in [5.74, 6) is 1.99. The van der Waals surface area contributed by atoms with Gasteiger partial charge in [0.05, 0.1) is 44.4 Å². The fraction of sp³-hybridized carbons (Fsp3) is 0.250. The van der Waals surface area contributed by atoms with Crippen LogP contribution in [0.2, 0.25) is 0 Å². The van der Waals surface area contributed by atoms with Crippen molar-refractivity contribution in [2.45, 2.75) is 129 Å². The number of nitrogens with zero attached hydrogens (tertiary/aromatic N) is 4. The van der Waals surface area contributed by atoms with Crippen LogP contribution in [0.4, 0.5) is 0 Å². The van der Waals surface area contributed by atoms with Crippen LogP contribution < -0.4 is 9.30 Å². The Morgan fingerprint density at radius 3 is 1.79 bits per heavy atom. The van der Waals surface area contributed by atoms with E-state index in [2.05, 4.69) is 136 Å². The van der Waals surface area contributed by atoms with Gasteiger partial charge in [-0.3, -0.25) is 13.7 Å². The van der Waals surface area contributed by atoms with Gasteiger partial charge in [-0.1, -0.05) is 215 Å². The third-order valence-electron chi connectivity index (χ3n) is 19.2. The molecule has 1 aliphatic heterocycles. The van der Waals surface area contributed by atoms with Crippen LogP contribution in [0.1, 0.15) is 141 Å². The summed E-state index contributed by atoms with van der Waals surface area (Å²) in [6.07, 6.45) is 9.15. The van der Waals surface area contributed by atoms with Crippen molar-refractivity contribution in [3.05, 3.63) is 234 Å². The molecule has 0 N–H and O–H groups in total. The average molecular weight is 1120 g/mol. The standard InChI is InChI=1S/C80H74N4O/c1-76(2,3)52-38-43-81-72(46-52)84-69-28-17-16-25-61(69)62-33-32-55(48-71(62)84)85-54-21-18-20-53(47-54)82-49-83-74-64(27-19-29-70(74)82)60-24-13-12-22-58(60)59-23-14-15-26-63(59)73-56(50-30-36-65-67(44-50)79(8,9)41-39-77(65,4)5)34-35-57(75(73)83)51-31-37-66-68(45-51)80(10,11)42-40-78(66,6)7/h12-38,43-48H,39-42H2,1-11H3/i14D,15D,23D,26D,30D,31D,44D,45D. The van der Waals surface area contributed by atoms with E-state index in [1.54, 1.807) is 0 Å². The Kier molecular flexibility index (Phi) is 9.91. The summed E-state index contributed by atoms with van der Waals surface area (Å²) < 4.78 is 94.3. The van der Waals surface area contributed by atoms with Crippen LogP contribution >= 0.6 is 0 Å². The van der Waals surface area contributed by atoms with Gasteiger partial charge in [-0.25, -0.2) is 4.98 Å². The molecule has 0 fully saturated rings. The predicted octanol–water partition coefficient (Wildman–Crippen LogP) is 20.6. The summed E-state index contributed by atoms with van der Waals surface area (Å²) in [6, 6.07) is 47.4. The van der Waals surface area contributed by atoms with Crippen molar-refractivity contribution in [3.63, 3.8) is 0 Å². The summed E-state index contributed by atoms with van der Waals surface area (Å²) in [4.78, 5) is 4.93. The molecule has 4 heterocycles. The van der Waals surface area contributed by atoms with Gasteiger partial charge in [-0.05, 0) is 179 Å². The number of rotatable bonds is 6. The van der Waals surface area contributed by atoms with Crippen LogP contribution in [0.25, 0.3) is 106 Å². The first-order valence-electron chi connectivity index (χ1n) is 34.0. The van der Waals surface area contributed by atoms with Crippen LogP contribution in [0.3, 0.4) is 0 Å². The van der Waals surface area contributed by atoms with Crippen molar-refractivity contribution in [3.8, 4) is 84.3 Å². The summed E-state index contributed by atoms with van der Waals surface area (Å²) >= 11 is 0.